The smallest absolute Gasteiger partial charge is 0.119 e. The third kappa shape index (κ3) is 4.74. The Labute approximate surface area is 121 Å². The molecule has 1 aromatic carbocycles. The van der Waals surface area contributed by atoms with Crippen molar-refractivity contribution in [3.8, 4) is 5.75 Å². The van der Waals surface area contributed by atoms with Gasteiger partial charge in [-0.05, 0) is 43.2 Å². The molecule has 0 saturated heterocycles. The molecular formula is C17H23NO2. The lowest BCUT2D eigenvalue weighted by Crippen LogP contribution is -2.12. The number of furan rings is 1. The van der Waals surface area contributed by atoms with Crippen LogP contribution in [-0.2, 0) is 13.1 Å². The van der Waals surface area contributed by atoms with E-state index < -0.39 is 0 Å². The number of hydrogen-bond acceptors (Lipinski definition) is 3. The quantitative estimate of drug-likeness (QED) is 0.737. The number of aryl methyl sites for hydroxylation is 1. The van der Waals surface area contributed by atoms with Crippen LogP contribution < -0.4 is 10.1 Å². The zero-order valence-corrected chi connectivity index (χ0v) is 12.3. The summed E-state index contributed by atoms with van der Waals surface area (Å²) in [5.74, 6) is 2.87. The first-order chi connectivity index (χ1) is 9.78. The molecule has 0 bridgehead atoms. The molecule has 1 N–H and O–H groups in total. The van der Waals surface area contributed by atoms with E-state index in [1.165, 1.54) is 5.56 Å². The minimum atomic E-state index is 0.745. The second kappa shape index (κ2) is 7.75. The highest BCUT2D eigenvalue weighted by Crippen LogP contribution is 2.14. The Balaban J connectivity index is 1.78. The molecule has 0 spiro atoms. The molecule has 0 aliphatic carbocycles. The minimum absolute atomic E-state index is 0.745. The molecule has 0 aliphatic heterocycles. The average Bonchev–Trinajstić information content (AvgIpc) is 2.85. The van der Waals surface area contributed by atoms with Crippen molar-refractivity contribution in [2.75, 3.05) is 6.61 Å². The Bertz CT molecular complexity index is 519. The van der Waals surface area contributed by atoms with Crippen LogP contribution in [-0.4, -0.2) is 6.61 Å². The monoisotopic (exact) mass is 273 g/mol. The molecule has 20 heavy (non-hydrogen) atoms. The SMILES string of the molecule is CCCCOc1cccc(CNCc2ccc(C)o2)c1. The number of nitrogens with one attached hydrogen (secondary N) is 1. The van der Waals surface area contributed by atoms with Gasteiger partial charge in [-0.2, -0.15) is 0 Å². The van der Waals surface area contributed by atoms with Crippen LogP contribution in [0.3, 0.4) is 0 Å². The van der Waals surface area contributed by atoms with E-state index in [-0.39, 0.29) is 0 Å². The van der Waals surface area contributed by atoms with Gasteiger partial charge in [0.25, 0.3) is 0 Å². The third-order valence-electron chi connectivity index (χ3n) is 3.09. The van der Waals surface area contributed by atoms with Crippen LogP contribution >= 0.6 is 0 Å². The molecular weight excluding hydrogens is 250 g/mol. The van der Waals surface area contributed by atoms with Crippen LogP contribution in [0.15, 0.2) is 40.8 Å². The van der Waals surface area contributed by atoms with Gasteiger partial charge < -0.3 is 14.5 Å². The summed E-state index contributed by atoms with van der Waals surface area (Å²) >= 11 is 0. The van der Waals surface area contributed by atoms with Gasteiger partial charge in [-0.25, -0.2) is 0 Å². The lowest BCUT2D eigenvalue weighted by molar-refractivity contribution is 0.309. The minimum Gasteiger partial charge on any atom is -0.494 e. The molecule has 0 radical (unpaired) electrons. The fraction of sp³-hybridized carbons (Fsp3) is 0.412. The van der Waals surface area contributed by atoms with Gasteiger partial charge >= 0.3 is 0 Å². The Kier molecular flexibility index (Phi) is 5.69. The summed E-state index contributed by atoms with van der Waals surface area (Å²) in [6.45, 7) is 6.47. The van der Waals surface area contributed by atoms with Gasteiger partial charge in [-0.15, -0.1) is 0 Å². The molecule has 0 atom stereocenters. The van der Waals surface area contributed by atoms with Crippen LogP contribution in [0.5, 0.6) is 5.75 Å². The maximum atomic E-state index is 5.71. The zero-order valence-electron chi connectivity index (χ0n) is 12.3. The molecule has 1 aromatic heterocycles. The Morgan fingerprint density at radius 2 is 2.05 bits per heavy atom. The second-order valence-electron chi connectivity index (χ2n) is 4.97. The summed E-state index contributed by atoms with van der Waals surface area (Å²) in [7, 11) is 0. The largest absolute Gasteiger partial charge is 0.494 e. The Morgan fingerprint density at radius 1 is 1.15 bits per heavy atom. The van der Waals surface area contributed by atoms with Gasteiger partial charge in [-0.3, -0.25) is 0 Å². The van der Waals surface area contributed by atoms with E-state index in [0.29, 0.717) is 0 Å². The van der Waals surface area contributed by atoms with Crippen LogP contribution in [0.4, 0.5) is 0 Å². The lowest BCUT2D eigenvalue weighted by Gasteiger charge is -2.08. The molecule has 3 nitrogen and oxygen atoms in total. The summed E-state index contributed by atoms with van der Waals surface area (Å²) in [6, 6.07) is 12.2. The summed E-state index contributed by atoms with van der Waals surface area (Å²) in [5.41, 5.74) is 1.22. The summed E-state index contributed by atoms with van der Waals surface area (Å²) in [5, 5.41) is 3.38. The molecule has 1 heterocycles. The van der Waals surface area contributed by atoms with E-state index in [0.717, 1.165) is 49.8 Å². The molecule has 0 unspecified atom stereocenters. The van der Waals surface area contributed by atoms with E-state index in [1.54, 1.807) is 0 Å². The first-order valence-electron chi connectivity index (χ1n) is 7.25. The van der Waals surface area contributed by atoms with E-state index in [2.05, 4.69) is 24.4 Å². The molecule has 108 valence electrons. The van der Waals surface area contributed by atoms with Crippen LogP contribution in [0, 0.1) is 6.92 Å². The van der Waals surface area contributed by atoms with Crippen molar-refractivity contribution < 1.29 is 9.15 Å². The standard InChI is InChI=1S/C17H23NO2/c1-3-4-10-19-16-7-5-6-15(11-16)12-18-13-17-9-8-14(2)20-17/h5-9,11,18H,3-4,10,12-13H2,1-2H3. The maximum Gasteiger partial charge on any atom is 0.119 e. The number of rotatable bonds is 8. The van der Waals surface area contributed by atoms with Gasteiger partial charge in [0.2, 0.25) is 0 Å². The normalized spacial score (nSPS) is 10.7. The van der Waals surface area contributed by atoms with Crippen molar-refractivity contribution in [1.82, 2.24) is 5.32 Å². The van der Waals surface area contributed by atoms with Gasteiger partial charge in [-0.1, -0.05) is 25.5 Å². The summed E-state index contributed by atoms with van der Waals surface area (Å²) in [6.07, 6.45) is 2.25. The first kappa shape index (κ1) is 14.7. The number of benzene rings is 1. The third-order valence-corrected chi connectivity index (χ3v) is 3.09. The van der Waals surface area contributed by atoms with Gasteiger partial charge in [0.05, 0.1) is 13.2 Å². The fourth-order valence-corrected chi connectivity index (χ4v) is 1.99. The van der Waals surface area contributed by atoms with Gasteiger partial charge in [0.1, 0.15) is 17.3 Å². The fourth-order valence-electron chi connectivity index (χ4n) is 1.99. The molecule has 0 saturated carbocycles. The predicted molar refractivity (Wildman–Crippen MR) is 80.8 cm³/mol. The van der Waals surface area contributed by atoms with Crippen molar-refractivity contribution in [1.29, 1.82) is 0 Å². The van der Waals surface area contributed by atoms with Gasteiger partial charge in [0, 0.05) is 6.54 Å². The Morgan fingerprint density at radius 3 is 2.80 bits per heavy atom. The molecule has 2 rings (SSSR count). The van der Waals surface area contributed by atoms with Gasteiger partial charge in [0.15, 0.2) is 0 Å². The topological polar surface area (TPSA) is 34.4 Å². The Hall–Kier alpha value is -1.74. The first-order valence-corrected chi connectivity index (χ1v) is 7.25. The lowest BCUT2D eigenvalue weighted by atomic mass is 10.2. The highest BCUT2D eigenvalue weighted by atomic mass is 16.5. The molecule has 2 aromatic rings. The summed E-state index contributed by atoms with van der Waals surface area (Å²) in [4.78, 5) is 0. The van der Waals surface area contributed by atoms with E-state index in [9.17, 15) is 0 Å². The van der Waals surface area contributed by atoms with Crippen molar-refractivity contribution >= 4 is 0 Å². The number of ether oxygens (including phenoxy) is 1. The number of hydrogen-bond donors (Lipinski definition) is 1. The van der Waals surface area contributed by atoms with Crippen molar-refractivity contribution in [3.05, 3.63) is 53.5 Å². The van der Waals surface area contributed by atoms with Crippen LogP contribution in [0.2, 0.25) is 0 Å². The highest BCUT2D eigenvalue weighted by Gasteiger charge is 2.00. The predicted octanol–water partition coefficient (Wildman–Crippen LogP) is 4.06. The highest BCUT2D eigenvalue weighted by molar-refractivity contribution is 5.28. The zero-order chi connectivity index (χ0) is 14.2. The van der Waals surface area contributed by atoms with Crippen LogP contribution in [0.1, 0.15) is 36.8 Å². The summed E-state index contributed by atoms with van der Waals surface area (Å²) < 4.78 is 11.2. The molecule has 0 amide bonds. The van der Waals surface area contributed by atoms with Crippen LogP contribution in [0.25, 0.3) is 0 Å². The van der Waals surface area contributed by atoms with E-state index >= 15 is 0 Å². The maximum absolute atomic E-state index is 5.71. The van der Waals surface area contributed by atoms with Crippen molar-refractivity contribution in [3.63, 3.8) is 0 Å². The molecule has 3 heteroatoms. The average molecular weight is 273 g/mol. The van der Waals surface area contributed by atoms with E-state index in [4.69, 9.17) is 9.15 Å². The number of unbranched alkanes of at least 4 members (excludes halogenated alkanes) is 1. The molecule has 0 fully saturated rings. The second-order valence-corrected chi connectivity index (χ2v) is 4.97. The van der Waals surface area contributed by atoms with Crippen molar-refractivity contribution in [2.24, 2.45) is 0 Å². The molecule has 0 aliphatic rings. The van der Waals surface area contributed by atoms with E-state index in [1.807, 2.05) is 31.2 Å². The van der Waals surface area contributed by atoms with Crippen molar-refractivity contribution in [2.45, 2.75) is 39.8 Å².